The number of halogens is 1. The molecule has 0 saturated heterocycles. The molecular weight excluding hydrogens is 357 g/mol. The van der Waals surface area contributed by atoms with Gasteiger partial charge in [-0.3, -0.25) is 0 Å². The van der Waals surface area contributed by atoms with E-state index in [1.54, 1.807) is 36.4 Å². The van der Waals surface area contributed by atoms with Crippen LogP contribution in [0.2, 0.25) is 5.02 Å². The van der Waals surface area contributed by atoms with E-state index in [4.69, 9.17) is 17.3 Å². The van der Waals surface area contributed by atoms with Crippen LogP contribution in [0.4, 0.5) is 0 Å². The van der Waals surface area contributed by atoms with Gasteiger partial charge in [0.1, 0.15) is 5.01 Å². The molecule has 0 aliphatic heterocycles. The summed E-state index contributed by atoms with van der Waals surface area (Å²) in [6, 6.07) is 13.9. The molecule has 1 N–H and O–H groups in total. The number of rotatable bonds is 4. The SMILES string of the molecule is [NH-]C(=O)c1ccccc1-c1nc(=O)n(Cc2ccc(Cl)cc2)s1.[Na+]. The van der Waals surface area contributed by atoms with Crippen LogP contribution in [0, 0.1) is 0 Å². The Hall–Kier alpha value is -1.44. The number of hydrogen-bond donors (Lipinski definition) is 0. The largest absolute Gasteiger partial charge is 1.00 e. The van der Waals surface area contributed by atoms with Crippen LogP contribution in [-0.4, -0.2) is 14.8 Å². The van der Waals surface area contributed by atoms with Crippen molar-refractivity contribution in [2.75, 3.05) is 0 Å². The number of nitrogens with one attached hydrogen (secondary N) is 1. The second kappa shape index (κ2) is 8.09. The molecule has 8 heteroatoms. The third-order valence-corrected chi connectivity index (χ3v) is 4.49. The first-order chi connectivity index (χ1) is 11.0. The minimum absolute atomic E-state index is 0. The van der Waals surface area contributed by atoms with Gasteiger partial charge in [0.05, 0.1) is 12.5 Å². The Bertz CT molecular complexity index is 922. The summed E-state index contributed by atoms with van der Waals surface area (Å²) in [4.78, 5) is 27.5. The van der Waals surface area contributed by atoms with Gasteiger partial charge in [-0.25, -0.2) is 8.75 Å². The molecule has 5 nitrogen and oxygen atoms in total. The molecule has 0 fully saturated rings. The van der Waals surface area contributed by atoms with E-state index in [0.29, 0.717) is 22.1 Å². The summed E-state index contributed by atoms with van der Waals surface area (Å²) in [5.74, 6) is -0.799. The van der Waals surface area contributed by atoms with Crippen molar-refractivity contribution in [3.05, 3.63) is 80.9 Å². The molecule has 1 aromatic heterocycles. The number of nitrogens with zero attached hydrogens (tertiary/aromatic N) is 2. The third kappa shape index (κ3) is 4.15. The summed E-state index contributed by atoms with van der Waals surface area (Å²) in [5.41, 5.74) is 8.59. The molecule has 0 atom stereocenters. The van der Waals surface area contributed by atoms with Crippen molar-refractivity contribution in [3.8, 4) is 10.6 Å². The number of aromatic nitrogens is 2. The van der Waals surface area contributed by atoms with E-state index >= 15 is 0 Å². The molecule has 0 aliphatic carbocycles. The van der Waals surface area contributed by atoms with Gasteiger partial charge in [-0.05, 0) is 29.2 Å². The first kappa shape index (κ1) is 18.9. The fourth-order valence-corrected chi connectivity index (χ4v) is 3.20. The molecule has 0 unspecified atom stereocenters. The maximum absolute atomic E-state index is 12.1. The molecule has 1 heterocycles. The fraction of sp³-hybridized carbons (Fsp3) is 0.0625. The van der Waals surface area contributed by atoms with Gasteiger partial charge in [0.2, 0.25) is 0 Å². The molecular formula is C16H11ClN3NaO2S. The minimum Gasteiger partial charge on any atom is -0.664 e. The second-order valence-electron chi connectivity index (χ2n) is 4.83. The Labute approximate surface area is 169 Å². The molecule has 0 aliphatic rings. The molecule has 24 heavy (non-hydrogen) atoms. The van der Waals surface area contributed by atoms with Crippen LogP contribution < -0.4 is 35.2 Å². The molecule has 0 spiro atoms. The number of carbonyl (C=O) groups is 1. The molecule has 1 amide bonds. The third-order valence-electron chi connectivity index (χ3n) is 3.25. The molecule has 3 aromatic rings. The van der Waals surface area contributed by atoms with Gasteiger partial charge in [0.15, 0.2) is 0 Å². The predicted molar refractivity (Wildman–Crippen MR) is 91.0 cm³/mol. The summed E-state index contributed by atoms with van der Waals surface area (Å²) >= 11 is 7.02. The number of amides is 1. The first-order valence-corrected chi connectivity index (χ1v) is 7.87. The molecule has 0 radical (unpaired) electrons. The fourth-order valence-electron chi connectivity index (χ4n) is 2.14. The average Bonchev–Trinajstić information content (AvgIpc) is 2.90. The van der Waals surface area contributed by atoms with Crippen LogP contribution in [0.25, 0.3) is 16.3 Å². The van der Waals surface area contributed by atoms with E-state index in [0.717, 1.165) is 5.56 Å². The topological polar surface area (TPSA) is 75.8 Å². The first-order valence-electron chi connectivity index (χ1n) is 6.72. The Morgan fingerprint density at radius 2 is 1.83 bits per heavy atom. The Morgan fingerprint density at radius 1 is 1.17 bits per heavy atom. The van der Waals surface area contributed by atoms with Crippen LogP contribution in [0.15, 0.2) is 53.3 Å². The quantitative estimate of drug-likeness (QED) is 0.642. The predicted octanol–water partition coefficient (Wildman–Crippen LogP) is 0.870. The van der Waals surface area contributed by atoms with Gasteiger partial charge in [-0.2, -0.15) is 4.98 Å². The number of carbonyl (C=O) groups excluding carboxylic acids is 1. The van der Waals surface area contributed by atoms with Gasteiger partial charge >= 0.3 is 35.2 Å². The van der Waals surface area contributed by atoms with Gasteiger partial charge in [0, 0.05) is 16.1 Å². The zero-order chi connectivity index (χ0) is 16.4. The van der Waals surface area contributed by atoms with Gasteiger partial charge < -0.3 is 10.5 Å². The maximum atomic E-state index is 12.1. The molecule has 0 saturated carbocycles. The van der Waals surface area contributed by atoms with Crippen molar-refractivity contribution in [1.29, 1.82) is 0 Å². The monoisotopic (exact) mass is 367 g/mol. The van der Waals surface area contributed by atoms with Crippen LogP contribution in [0.3, 0.4) is 0 Å². The normalized spacial score (nSPS) is 10.2. The van der Waals surface area contributed by atoms with Gasteiger partial charge in [0.25, 0.3) is 0 Å². The standard InChI is InChI=1S/C16H12ClN3O2S.Na/c17-11-7-5-10(6-8-11)9-20-16(22)19-15(23-20)13-4-2-1-3-12(13)14(18)21;/h1-8H,9H2,(H2,18,21);/q;+1/p-1. The average molecular weight is 368 g/mol. The summed E-state index contributed by atoms with van der Waals surface area (Å²) in [7, 11) is 0. The second-order valence-corrected chi connectivity index (χ2v) is 6.28. The Kier molecular flexibility index (Phi) is 6.37. The molecule has 0 bridgehead atoms. The molecule has 3 rings (SSSR count). The van der Waals surface area contributed by atoms with Gasteiger partial charge in [-0.15, -0.1) is 0 Å². The van der Waals surface area contributed by atoms with Crippen molar-refractivity contribution in [1.82, 2.24) is 8.94 Å². The maximum Gasteiger partial charge on any atom is 1.00 e. The van der Waals surface area contributed by atoms with E-state index in [2.05, 4.69) is 4.98 Å². The summed E-state index contributed by atoms with van der Waals surface area (Å²) in [5, 5.41) is 1.06. The van der Waals surface area contributed by atoms with E-state index in [-0.39, 0.29) is 40.8 Å². The Balaban J connectivity index is 0.00000208. The van der Waals surface area contributed by atoms with Crippen molar-refractivity contribution in [3.63, 3.8) is 0 Å². The molecule has 2 aromatic carbocycles. The Morgan fingerprint density at radius 3 is 2.50 bits per heavy atom. The van der Waals surface area contributed by atoms with Crippen LogP contribution >= 0.6 is 23.1 Å². The van der Waals surface area contributed by atoms with Crippen molar-refractivity contribution >= 4 is 29.0 Å². The number of benzene rings is 2. The van der Waals surface area contributed by atoms with Crippen molar-refractivity contribution in [2.45, 2.75) is 6.54 Å². The van der Waals surface area contributed by atoms with Crippen molar-refractivity contribution in [2.24, 2.45) is 0 Å². The summed E-state index contributed by atoms with van der Waals surface area (Å²) in [6.45, 7) is 0.380. The minimum atomic E-state index is -0.799. The van der Waals surface area contributed by atoms with Crippen LogP contribution in [-0.2, 0) is 6.54 Å². The van der Waals surface area contributed by atoms with E-state index in [1.165, 1.54) is 15.5 Å². The van der Waals surface area contributed by atoms with Crippen LogP contribution in [0.5, 0.6) is 0 Å². The smallest absolute Gasteiger partial charge is 0.664 e. The van der Waals surface area contributed by atoms with Crippen molar-refractivity contribution < 1.29 is 34.4 Å². The van der Waals surface area contributed by atoms with E-state index in [9.17, 15) is 9.59 Å². The number of hydrogen-bond acceptors (Lipinski definition) is 4. The van der Waals surface area contributed by atoms with E-state index < -0.39 is 5.91 Å². The van der Waals surface area contributed by atoms with E-state index in [1.807, 2.05) is 12.1 Å². The zero-order valence-corrected chi connectivity index (χ0v) is 16.4. The summed E-state index contributed by atoms with van der Waals surface area (Å²) < 4.78 is 1.50. The summed E-state index contributed by atoms with van der Waals surface area (Å²) in [6.07, 6.45) is 0. The zero-order valence-electron chi connectivity index (χ0n) is 12.8. The van der Waals surface area contributed by atoms with Gasteiger partial charge in [-0.1, -0.05) is 48.0 Å². The van der Waals surface area contributed by atoms with Crippen LogP contribution in [0.1, 0.15) is 15.9 Å². The molecule has 116 valence electrons.